The lowest BCUT2D eigenvalue weighted by atomic mass is 9.99. The number of hydrogen-bond donors (Lipinski definition) is 1. The summed E-state index contributed by atoms with van der Waals surface area (Å²) >= 11 is 1.72. The summed E-state index contributed by atoms with van der Waals surface area (Å²) in [6.07, 6.45) is 2.07. The molecule has 8 heteroatoms. The monoisotopic (exact) mass is 387 g/mol. The Balaban J connectivity index is 1.48. The number of piperidine rings is 1. The summed E-state index contributed by atoms with van der Waals surface area (Å²) in [6, 6.07) is 7.31. The number of carbonyl (C=O) groups excluding carboxylic acids is 3. The number of nitrogens with zero attached hydrogens (tertiary/aromatic N) is 3. The van der Waals surface area contributed by atoms with Crippen molar-refractivity contribution in [1.82, 2.24) is 14.8 Å². The number of thiazole rings is 1. The van der Waals surface area contributed by atoms with E-state index in [1.807, 2.05) is 18.2 Å². The second kappa shape index (κ2) is 7.01. The number of rotatable bonds is 4. The molecular weight excluding hydrogens is 364 g/mol. The van der Waals surface area contributed by atoms with Crippen LogP contribution in [-0.4, -0.2) is 58.4 Å². The molecule has 1 aromatic heterocycles. The first-order valence-corrected chi connectivity index (χ1v) is 10.2. The van der Waals surface area contributed by atoms with E-state index in [0.29, 0.717) is 5.92 Å². The standard InChI is InChI=1S/C19H22N4O3S/c1-12(2)23-18(25)17(24)22(19(23)26)11-21-9-5-6-13(10-21)16-20-14-7-3-4-8-15(14)27-16/h3-4,7-8,12-13H,5-6,9-11H2,1-2H3/p+1/t13-/m0/s1. The number of carbonyl (C=O) groups is 3. The van der Waals surface area contributed by atoms with Crippen LogP contribution in [0.2, 0.25) is 0 Å². The average molecular weight is 387 g/mol. The summed E-state index contributed by atoms with van der Waals surface area (Å²) in [6.45, 7) is 5.42. The van der Waals surface area contributed by atoms with Crippen molar-refractivity contribution in [2.24, 2.45) is 0 Å². The van der Waals surface area contributed by atoms with Crippen LogP contribution >= 0.6 is 11.3 Å². The molecule has 3 heterocycles. The third-order valence-electron chi connectivity index (χ3n) is 5.26. The molecule has 2 aliphatic rings. The molecule has 2 fully saturated rings. The number of amides is 4. The number of fused-ring (bicyclic) bond motifs is 1. The Morgan fingerprint density at radius 2 is 2.00 bits per heavy atom. The molecular formula is C19H23N4O3S+. The number of imide groups is 2. The summed E-state index contributed by atoms with van der Waals surface area (Å²) < 4.78 is 1.18. The van der Waals surface area contributed by atoms with Gasteiger partial charge in [-0.1, -0.05) is 12.1 Å². The Morgan fingerprint density at radius 3 is 2.70 bits per heavy atom. The highest BCUT2D eigenvalue weighted by molar-refractivity contribution is 7.18. The van der Waals surface area contributed by atoms with E-state index in [1.165, 1.54) is 4.70 Å². The van der Waals surface area contributed by atoms with Crippen LogP contribution < -0.4 is 4.90 Å². The van der Waals surface area contributed by atoms with Crippen molar-refractivity contribution < 1.29 is 19.3 Å². The lowest BCUT2D eigenvalue weighted by Gasteiger charge is -2.30. The van der Waals surface area contributed by atoms with Crippen LogP contribution in [0.5, 0.6) is 0 Å². The van der Waals surface area contributed by atoms with Crippen molar-refractivity contribution in [3.05, 3.63) is 29.3 Å². The van der Waals surface area contributed by atoms with Gasteiger partial charge in [-0.2, -0.15) is 0 Å². The van der Waals surface area contributed by atoms with Gasteiger partial charge >= 0.3 is 17.8 Å². The maximum atomic E-state index is 12.5. The lowest BCUT2D eigenvalue weighted by Crippen LogP contribution is -3.15. The zero-order valence-electron chi connectivity index (χ0n) is 15.5. The normalized spacial score (nSPS) is 23.9. The molecule has 27 heavy (non-hydrogen) atoms. The van der Waals surface area contributed by atoms with Gasteiger partial charge in [-0.25, -0.2) is 14.7 Å². The number of hydrogen-bond acceptors (Lipinski definition) is 5. The van der Waals surface area contributed by atoms with E-state index in [1.54, 1.807) is 25.2 Å². The maximum Gasteiger partial charge on any atom is 0.338 e. The third-order valence-corrected chi connectivity index (χ3v) is 6.46. The highest BCUT2D eigenvalue weighted by atomic mass is 32.1. The Kier molecular flexibility index (Phi) is 4.69. The van der Waals surface area contributed by atoms with Gasteiger partial charge < -0.3 is 4.90 Å². The van der Waals surface area contributed by atoms with Gasteiger partial charge in [0.2, 0.25) is 0 Å². The van der Waals surface area contributed by atoms with Crippen LogP contribution in [-0.2, 0) is 9.59 Å². The number of urea groups is 1. The molecule has 0 aliphatic carbocycles. The molecule has 1 unspecified atom stereocenters. The van der Waals surface area contributed by atoms with Gasteiger partial charge in [0.1, 0.15) is 5.01 Å². The first kappa shape index (κ1) is 18.1. The lowest BCUT2D eigenvalue weighted by molar-refractivity contribution is -0.913. The van der Waals surface area contributed by atoms with E-state index < -0.39 is 17.8 Å². The van der Waals surface area contributed by atoms with E-state index >= 15 is 0 Å². The molecule has 2 aromatic rings. The van der Waals surface area contributed by atoms with Crippen LogP contribution in [0.4, 0.5) is 4.79 Å². The second-order valence-electron chi connectivity index (χ2n) is 7.51. The largest absolute Gasteiger partial charge is 0.338 e. The third kappa shape index (κ3) is 3.23. The average Bonchev–Trinajstić information content (AvgIpc) is 3.17. The van der Waals surface area contributed by atoms with Crippen molar-refractivity contribution in [2.75, 3.05) is 19.8 Å². The highest BCUT2D eigenvalue weighted by Gasteiger charge is 2.47. The van der Waals surface area contributed by atoms with E-state index in [9.17, 15) is 14.4 Å². The maximum absolute atomic E-state index is 12.5. The zero-order valence-corrected chi connectivity index (χ0v) is 16.3. The summed E-state index contributed by atoms with van der Waals surface area (Å²) in [5.41, 5.74) is 1.02. The molecule has 7 nitrogen and oxygen atoms in total. The fourth-order valence-corrected chi connectivity index (χ4v) is 5.01. The quantitative estimate of drug-likeness (QED) is 0.632. The Hall–Kier alpha value is -2.32. The molecule has 0 radical (unpaired) electrons. The Morgan fingerprint density at radius 1 is 1.22 bits per heavy atom. The molecule has 4 amide bonds. The minimum Gasteiger partial charge on any atom is -0.317 e. The summed E-state index contributed by atoms with van der Waals surface area (Å²) in [4.78, 5) is 44.9. The summed E-state index contributed by atoms with van der Waals surface area (Å²) in [7, 11) is 0. The van der Waals surface area contributed by atoms with Gasteiger partial charge in [-0.05, 0) is 38.8 Å². The molecule has 0 saturated carbocycles. The zero-order chi connectivity index (χ0) is 19.1. The highest BCUT2D eigenvalue weighted by Crippen LogP contribution is 2.30. The van der Waals surface area contributed by atoms with Crippen LogP contribution in [0.1, 0.15) is 37.6 Å². The summed E-state index contributed by atoms with van der Waals surface area (Å²) in [5, 5.41) is 1.12. The van der Waals surface area contributed by atoms with E-state index in [-0.39, 0.29) is 12.7 Å². The van der Waals surface area contributed by atoms with Crippen molar-refractivity contribution in [3.8, 4) is 0 Å². The molecule has 2 aliphatic heterocycles. The molecule has 4 rings (SSSR count). The number of benzene rings is 1. The molecule has 1 aromatic carbocycles. The minimum atomic E-state index is -0.714. The number of aromatic nitrogens is 1. The molecule has 142 valence electrons. The summed E-state index contributed by atoms with van der Waals surface area (Å²) in [5.74, 6) is -1.10. The van der Waals surface area contributed by atoms with Crippen LogP contribution in [0, 0.1) is 0 Å². The van der Waals surface area contributed by atoms with Gasteiger partial charge in [0.15, 0.2) is 6.67 Å². The predicted octanol–water partition coefficient (Wildman–Crippen LogP) is 1.22. The minimum absolute atomic E-state index is 0.244. The van der Waals surface area contributed by atoms with Crippen LogP contribution in [0.25, 0.3) is 10.2 Å². The van der Waals surface area contributed by atoms with Crippen molar-refractivity contribution in [2.45, 2.75) is 38.6 Å². The number of para-hydroxylation sites is 1. The number of likely N-dealkylation sites (tertiary alicyclic amines) is 1. The topological polar surface area (TPSA) is 75.0 Å². The van der Waals surface area contributed by atoms with Gasteiger partial charge in [-0.3, -0.25) is 14.5 Å². The first-order valence-electron chi connectivity index (χ1n) is 9.33. The van der Waals surface area contributed by atoms with Gasteiger partial charge in [-0.15, -0.1) is 11.3 Å². The van der Waals surface area contributed by atoms with Gasteiger partial charge in [0.25, 0.3) is 0 Å². The fraction of sp³-hybridized carbons (Fsp3) is 0.474. The smallest absolute Gasteiger partial charge is 0.317 e. The van der Waals surface area contributed by atoms with E-state index in [0.717, 1.165) is 51.2 Å². The Labute approximate surface area is 161 Å². The van der Waals surface area contributed by atoms with Crippen molar-refractivity contribution in [3.63, 3.8) is 0 Å². The molecule has 2 atom stereocenters. The van der Waals surface area contributed by atoms with Crippen molar-refractivity contribution >= 4 is 39.4 Å². The fourth-order valence-electron chi connectivity index (χ4n) is 3.91. The Bertz CT molecular complexity index is 876. The van der Waals surface area contributed by atoms with Gasteiger partial charge in [0.05, 0.1) is 29.2 Å². The molecule has 0 bridgehead atoms. The molecule has 2 saturated heterocycles. The van der Waals surface area contributed by atoms with Crippen molar-refractivity contribution in [1.29, 1.82) is 0 Å². The SMILES string of the molecule is CC(C)N1C(=O)C(=O)N(C[NH+]2CCC[C@H](c3nc4ccccc4s3)C2)C1=O. The van der Waals surface area contributed by atoms with E-state index in [4.69, 9.17) is 4.98 Å². The van der Waals surface area contributed by atoms with Crippen LogP contribution in [0.15, 0.2) is 24.3 Å². The molecule has 0 spiro atoms. The predicted molar refractivity (Wildman–Crippen MR) is 101 cm³/mol. The second-order valence-corrected chi connectivity index (χ2v) is 8.57. The van der Waals surface area contributed by atoms with Crippen LogP contribution in [0.3, 0.4) is 0 Å². The number of nitrogens with one attached hydrogen (secondary N) is 1. The van der Waals surface area contributed by atoms with E-state index in [2.05, 4.69) is 6.07 Å². The molecule has 1 N–H and O–H groups in total. The first-order chi connectivity index (χ1) is 13.0. The van der Waals surface area contributed by atoms with Gasteiger partial charge in [0, 0.05) is 6.04 Å². The number of quaternary nitrogens is 1.